The number of fused-ring (bicyclic) bond motifs is 2. The van der Waals surface area contributed by atoms with E-state index in [4.69, 9.17) is 5.11 Å². The predicted molar refractivity (Wildman–Crippen MR) is 80.1 cm³/mol. The summed E-state index contributed by atoms with van der Waals surface area (Å²) in [6.07, 6.45) is 4.04. The molecule has 2 aliphatic rings. The number of nitrogens with zero attached hydrogens (tertiary/aromatic N) is 1. The number of piperidine rings is 1. The normalized spacial score (nSPS) is 30.3. The summed E-state index contributed by atoms with van der Waals surface area (Å²) in [5, 5.41) is 18.9. The van der Waals surface area contributed by atoms with E-state index in [0.29, 0.717) is 12.1 Å². The maximum Gasteiger partial charge on any atom is 0.310 e. The summed E-state index contributed by atoms with van der Waals surface area (Å²) in [5.74, 6) is -1.24. The van der Waals surface area contributed by atoms with Gasteiger partial charge >= 0.3 is 5.97 Å². The predicted octanol–water partition coefficient (Wildman–Crippen LogP) is 2.36. The van der Waals surface area contributed by atoms with Crippen molar-refractivity contribution in [3.63, 3.8) is 0 Å². The van der Waals surface area contributed by atoms with Crippen LogP contribution in [-0.4, -0.2) is 39.3 Å². The number of aliphatic hydroxyl groups excluding tert-OH is 1. The number of benzene rings is 1. The number of aliphatic carboxylic acids is 1. The Kier molecular flexibility index (Phi) is 4.00. The van der Waals surface area contributed by atoms with Crippen LogP contribution in [0.25, 0.3) is 0 Å². The summed E-state index contributed by atoms with van der Waals surface area (Å²) < 4.78 is 0. The first kappa shape index (κ1) is 14.5. The standard InChI is InChI=1S/C17H23NO3/c1-11(17(20)21)13-4-2-12(3-5-13)10-18-14-6-7-15(18)9-16(19)8-14/h2-5,11,14-16,19H,6-10H2,1H3,(H,20,21). The molecule has 3 unspecified atom stereocenters. The highest BCUT2D eigenvalue weighted by Crippen LogP contribution is 2.36. The van der Waals surface area contributed by atoms with Gasteiger partial charge in [0.2, 0.25) is 0 Å². The maximum atomic E-state index is 11.0. The molecule has 2 aliphatic heterocycles. The molecule has 3 atom stereocenters. The van der Waals surface area contributed by atoms with Gasteiger partial charge in [0.1, 0.15) is 0 Å². The van der Waals surface area contributed by atoms with E-state index >= 15 is 0 Å². The van der Waals surface area contributed by atoms with Crippen LogP contribution in [0.15, 0.2) is 24.3 Å². The minimum absolute atomic E-state index is 0.127. The van der Waals surface area contributed by atoms with Crippen LogP contribution >= 0.6 is 0 Å². The smallest absolute Gasteiger partial charge is 0.310 e. The first-order chi connectivity index (χ1) is 10.0. The average molecular weight is 289 g/mol. The van der Waals surface area contributed by atoms with E-state index in [-0.39, 0.29) is 6.10 Å². The van der Waals surface area contributed by atoms with Crippen LogP contribution in [0.2, 0.25) is 0 Å². The van der Waals surface area contributed by atoms with Crippen LogP contribution in [-0.2, 0) is 11.3 Å². The van der Waals surface area contributed by atoms with Gasteiger partial charge in [-0.05, 0) is 43.7 Å². The Morgan fingerprint density at radius 2 is 1.81 bits per heavy atom. The molecule has 114 valence electrons. The molecule has 0 aliphatic carbocycles. The SMILES string of the molecule is CC(C(=O)O)c1ccc(CN2C3CCC2CC(O)C3)cc1. The topological polar surface area (TPSA) is 60.8 Å². The molecule has 0 spiro atoms. The van der Waals surface area contributed by atoms with E-state index in [1.54, 1.807) is 6.92 Å². The lowest BCUT2D eigenvalue weighted by atomic mass is 9.97. The Morgan fingerprint density at radius 3 is 2.33 bits per heavy atom. The summed E-state index contributed by atoms with van der Waals surface area (Å²) in [4.78, 5) is 13.5. The van der Waals surface area contributed by atoms with Gasteiger partial charge in [0.15, 0.2) is 0 Å². The zero-order valence-corrected chi connectivity index (χ0v) is 12.4. The van der Waals surface area contributed by atoms with Crippen LogP contribution in [0.1, 0.15) is 49.7 Å². The van der Waals surface area contributed by atoms with Gasteiger partial charge in [-0.2, -0.15) is 0 Å². The zero-order chi connectivity index (χ0) is 15.0. The summed E-state index contributed by atoms with van der Waals surface area (Å²) in [6, 6.07) is 8.95. The van der Waals surface area contributed by atoms with Gasteiger partial charge in [-0.15, -0.1) is 0 Å². The van der Waals surface area contributed by atoms with E-state index in [2.05, 4.69) is 4.90 Å². The zero-order valence-electron chi connectivity index (χ0n) is 12.4. The van der Waals surface area contributed by atoms with Crippen molar-refractivity contribution in [2.24, 2.45) is 0 Å². The third kappa shape index (κ3) is 2.97. The fourth-order valence-electron chi connectivity index (χ4n) is 3.77. The van der Waals surface area contributed by atoms with E-state index < -0.39 is 11.9 Å². The van der Waals surface area contributed by atoms with Gasteiger partial charge in [0.05, 0.1) is 12.0 Å². The third-order valence-corrected chi connectivity index (χ3v) is 5.07. The van der Waals surface area contributed by atoms with Crippen LogP contribution in [0.3, 0.4) is 0 Å². The van der Waals surface area contributed by atoms with Gasteiger partial charge in [0, 0.05) is 18.6 Å². The van der Waals surface area contributed by atoms with E-state index in [1.165, 1.54) is 18.4 Å². The highest BCUT2D eigenvalue weighted by molar-refractivity contribution is 5.75. The Morgan fingerprint density at radius 1 is 1.24 bits per heavy atom. The summed E-state index contributed by atoms with van der Waals surface area (Å²) in [6.45, 7) is 2.62. The van der Waals surface area contributed by atoms with Gasteiger partial charge in [-0.1, -0.05) is 24.3 Å². The second-order valence-corrected chi connectivity index (χ2v) is 6.48. The van der Waals surface area contributed by atoms with E-state index in [1.807, 2.05) is 24.3 Å². The molecular weight excluding hydrogens is 266 g/mol. The average Bonchev–Trinajstić information content (AvgIpc) is 2.70. The molecule has 2 heterocycles. The highest BCUT2D eigenvalue weighted by Gasteiger charge is 2.39. The van der Waals surface area contributed by atoms with E-state index in [0.717, 1.165) is 24.9 Å². The molecule has 21 heavy (non-hydrogen) atoms. The lowest BCUT2D eigenvalue weighted by Gasteiger charge is -2.37. The molecule has 4 heteroatoms. The van der Waals surface area contributed by atoms with Crippen molar-refractivity contribution in [3.8, 4) is 0 Å². The van der Waals surface area contributed by atoms with Crippen molar-refractivity contribution in [2.75, 3.05) is 0 Å². The Balaban J connectivity index is 1.67. The molecule has 1 aromatic carbocycles. The fourth-order valence-corrected chi connectivity index (χ4v) is 3.77. The minimum atomic E-state index is -0.786. The summed E-state index contributed by atoms with van der Waals surface area (Å²) in [7, 11) is 0. The Hall–Kier alpha value is -1.39. The largest absolute Gasteiger partial charge is 0.481 e. The molecular formula is C17H23NO3. The Bertz CT molecular complexity index is 499. The van der Waals surface area contributed by atoms with Crippen LogP contribution in [0, 0.1) is 0 Å². The number of rotatable bonds is 4. The molecule has 0 amide bonds. The quantitative estimate of drug-likeness (QED) is 0.893. The van der Waals surface area contributed by atoms with Gasteiger partial charge in [0.25, 0.3) is 0 Å². The van der Waals surface area contributed by atoms with Crippen molar-refractivity contribution in [2.45, 2.75) is 63.3 Å². The van der Waals surface area contributed by atoms with Gasteiger partial charge in [-0.3, -0.25) is 9.69 Å². The number of carboxylic acid groups (broad SMARTS) is 1. The van der Waals surface area contributed by atoms with Crippen molar-refractivity contribution in [1.82, 2.24) is 4.90 Å². The fraction of sp³-hybridized carbons (Fsp3) is 0.588. The molecule has 2 bridgehead atoms. The summed E-state index contributed by atoms with van der Waals surface area (Å²) in [5.41, 5.74) is 2.08. The van der Waals surface area contributed by atoms with Crippen molar-refractivity contribution in [1.29, 1.82) is 0 Å². The number of hydrogen-bond acceptors (Lipinski definition) is 3. The first-order valence-electron chi connectivity index (χ1n) is 7.80. The lowest BCUT2D eigenvalue weighted by Crippen LogP contribution is -2.44. The monoisotopic (exact) mass is 289 g/mol. The van der Waals surface area contributed by atoms with Gasteiger partial charge in [-0.25, -0.2) is 0 Å². The number of carbonyl (C=O) groups is 1. The molecule has 3 rings (SSSR count). The second-order valence-electron chi connectivity index (χ2n) is 6.48. The molecule has 2 fully saturated rings. The van der Waals surface area contributed by atoms with E-state index in [9.17, 15) is 9.90 Å². The molecule has 0 aromatic heterocycles. The highest BCUT2D eigenvalue weighted by atomic mass is 16.4. The van der Waals surface area contributed by atoms with Crippen LogP contribution in [0.5, 0.6) is 0 Å². The Labute approximate surface area is 125 Å². The molecule has 0 radical (unpaired) electrons. The van der Waals surface area contributed by atoms with Crippen molar-refractivity contribution >= 4 is 5.97 Å². The molecule has 2 saturated heterocycles. The molecule has 4 nitrogen and oxygen atoms in total. The lowest BCUT2D eigenvalue weighted by molar-refractivity contribution is -0.138. The van der Waals surface area contributed by atoms with Crippen molar-refractivity contribution in [3.05, 3.63) is 35.4 Å². The van der Waals surface area contributed by atoms with Gasteiger partial charge < -0.3 is 10.2 Å². The van der Waals surface area contributed by atoms with Crippen molar-refractivity contribution < 1.29 is 15.0 Å². The number of carboxylic acids is 1. The third-order valence-electron chi connectivity index (χ3n) is 5.07. The molecule has 1 aromatic rings. The number of hydrogen-bond donors (Lipinski definition) is 2. The second kappa shape index (κ2) is 5.78. The van der Waals surface area contributed by atoms with Crippen LogP contribution in [0.4, 0.5) is 0 Å². The minimum Gasteiger partial charge on any atom is -0.481 e. The molecule has 0 saturated carbocycles. The maximum absolute atomic E-state index is 11.0. The number of aliphatic hydroxyl groups is 1. The van der Waals surface area contributed by atoms with Crippen LogP contribution < -0.4 is 0 Å². The first-order valence-corrected chi connectivity index (χ1v) is 7.80. The summed E-state index contributed by atoms with van der Waals surface area (Å²) >= 11 is 0. The molecule has 2 N–H and O–H groups in total.